The summed E-state index contributed by atoms with van der Waals surface area (Å²) in [5, 5.41) is 0.686. The van der Waals surface area contributed by atoms with Gasteiger partial charge in [0.25, 0.3) is 0 Å². The third kappa shape index (κ3) is 4.00. The van der Waals surface area contributed by atoms with Crippen LogP contribution in [0.5, 0.6) is 5.75 Å². The molecule has 0 fully saturated rings. The first kappa shape index (κ1) is 13.3. The van der Waals surface area contributed by atoms with Crippen LogP contribution in [0.2, 0.25) is 5.02 Å². The number of benzene rings is 1. The molecule has 2 N–H and O–H groups in total. The van der Waals surface area contributed by atoms with Crippen molar-refractivity contribution in [2.75, 3.05) is 13.4 Å². The van der Waals surface area contributed by atoms with Crippen LogP contribution in [-0.2, 0) is 11.2 Å². The van der Waals surface area contributed by atoms with Crippen molar-refractivity contribution in [2.45, 2.75) is 26.3 Å². The number of ether oxygens (including phenoxy) is 2. The molecule has 0 saturated heterocycles. The molecule has 16 heavy (non-hydrogen) atoms. The molecular weight excluding hydrogens is 226 g/mol. The van der Waals surface area contributed by atoms with Gasteiger partial charge in [-0.1, -0.05) is 17.7 Å². The lowest BCUT2D eigenvalue weighted by Gasteiger charge is -2.14. The SMILES string of the molecule is CCOCOc1cccc(Cl)c1CC(C)N. The minimum Gasteiger partial charge on any atom is -0.467 e. The molecule has 0 aliphatic rings. The molecular formula is C12H18ClNO2. The molecule has 1 aromatic rings. The fourth-order valence-electron chi connectivity index (χ4n) is 1.38. The summed E-state index contributed by atoms with van der Waals surface area (Å²) in [5.74, 6) is 0.748. The largest absolute Gasteiger partial charge is 0.467 e. The van der Waals surface area contributed by atoms with Crippen molar-refractivity contribution in [2.24, 2.45) is 5.73 Å². The van der Waals surface area contributed by atoms with E-state index in [0.717, 1.165) is 11.3 Å². The standard InChI is InChI=1S/C12H18ClNO2/c1-3-15-8-16-12-6-4-5-11(13)10(12)7-9(2)14/h4-6,9H,3,7-8,14H2,1-2H3. The Balaban J connectivity index is 2.76. The van der Waals surface area contributed by atoms with E-state index in [1.165, 1.54) is 0 Å². The third-order valence-electron chi connectivity index (χ3n) is 2.10. The maximum Gasteiger partial charge on any atom is 0.189 e. The highest BCUT2D eigenvalue weighted by atomic mass is 35.5. The monoisotopic (exact) mass is 243 g/mol. The van der Waals surface area contributed by atoms with Gasteiger partial charge < -0.3 is 15.2 Å². The van der Waals surface area contributed by atoms with Gasteiger partial charge in [0, 0.05) is 23.2 Å². The van der Waals surface area contributed by atoms with E-state index in [9.17, 15) is 0 Å². The smallest absolute Gasteiger partial charge is 0.189 e. The normalized spacial score (nSPS) is 12.5. The van der Waals surface area contributed by atoms with Gasteiger partial charge in [0.2, 0.25) is 0 Å². The van der Waals surface area contributed by atoms with Crippen molar-refractivity contribution >= 4 is 11.6 Å². The minimum absolute atomic E-state index is 0.0503. The van der Waals surface area contributed by atoms with Gasteiger partial charge in [-0.2, -0.15) is 0 Å². The van der Waals surface area contributed by atoms with E-state index in [2.05, 4.69) is 0 Å². The summed E-state index contributed by atoms with van der Waals surface area (Å²) in [6.07, 6.45) is 0.696. The third-order valence-corrected chi connectivity index (χ3v) is 2.46. The first-order chi connectivity index (χ1) is 7.65. The second-order valence-corrected chi connectivity index (χ2v) is 4.06. The summed E-state index contributed by atoms with van der Waals surface area (Å²) in [7, 11) is 0. The van der Waals surface area contributed by atoms with E-state index >= 15 is 0 Å². The highest BCUT2D eigenvalue weighted by molar-refractivity contribution is 6.31. The van der Waals surface area contributed by atoms with Crippen molar-refractivity contribution in [1.29, 1.82) is 0 Å². The van der Waals surface area contributed by atoms with E-state index in [1.807, 2.05) is 32.0 Å². The van der Waals surface area contributed by atoms with Crippen molar-refractivity contribution < 1.29 is 9.47 Å². The molecule has 1 aromatic carbocycles. The second-order valence-electron chi connectivity index (χ2n) is 3.65. The number of hydrogen-bond donors (Lipinski definition) is 1. The summed E-state index contributed by atoms with van der Waals surface area (Å²) in [5.41, 5.74) is 6.71. The van der Waals surface area contributed by atoms with Gasteiger partial charge in [-0.05, 0) is 32.4 Å². The molecule has 0 aromatic heterocycles. The van der Waals surface area contributed by atoms with Crippen LogP contribution >= 0.6 is 11.6 Å². The van der Waals surface area contributed by atoms with Crippen LogP contribution < -0.4 is 10.5 Å². The number of halogens is 1. The predicted octanol–water partition coefficient (Wildman–Crippen LogP) is 2.60. The molecule has 0 aliphatic carbocycles. The van der Waals surface area contributed by atoms with Gasteiger partial charge in [0.05, 0.1) is 0 Å². The molecule has 90 valence electrons. The Morgan fingerprint density at radius 3 is 2.81 bits per heavy atom. The summed E-state index contributed by atoms with van der Waals surface area (Å²) < 4.78 is 10.6. The summed E-state index contributed by atoms with van der Waals surface area (Å²) in [6.45, 7) is 4.73. The Hall–Kier alpha value is -0.770. The molecule has 0 radical (unpaired) electrons. The lowest BCUT2D eigenvalue weighted by atomic mass is 10.1. The minimum atomic E-state index is 0.0503. The molecule has 0 spiro atoms. The van der Waals surface area contributed by atoms with Gasteiger partial charge in [-0.15, -0.1) is 0 Å². The average Bonchev–Trinajstić information content (AvgIpc) is 2.23. The molecule has 3 nitrogen and oxygen atoms in total. The van der Waals surface area contributed by atoms with Crippen LogP contribution in [-0.4, -0.2) is 19.4 Å². The number of nitrogens with two attached hydrogens (primary N) is 1. The molecule has 0 saturated carbocycles. The highest BCUT2D eigenvalue weighted by Gasteiger charge is 2.10. The van der Waals surface area contributed by atoms with Crippen molar-refractivity contribution in [3.05, 3.63) is 28.8 Å². The zero-order valence-electron chi connectivity index (χ0n) is 9.70. The summed E-state index contributed by atoms with van der Waals surface area (Å²) in [6, 6.07) is 5.62. The van der Waals surface area contributed by atoms with Crippen molar-refractivity contribution in [3.8, 4) is 5.75 Å². The molecule has 0 bridgehead atoms. The molecule has 0 aliphatic heterocycles. The zero-order valence-corrected chi connectivity index (χ0v) is 10.5. The molecule has 1 unspecified atom stereocenters. The molecule has 1 rings (SSSR count). The lowest BCUT2D eigenvalue weighted by Crippen LogP contribution is -2.18. The van der Waals surface area contributed by atoms with Crippen LogP contribution in [0.15, 0.2) is 18.2 Å². The van der Waals surface area contributed by atoms with Crippen LogP contribution in [0.4, 0.5) is 0 Å². The summed E-state index contributed by atoms with van der Waals surface area (Å²) >= 11 is 6.11. The Morgan fingerprint density at radius 1 is 1.44 bits per heavy atom. The van der Waals surface area contributed by atoms with Gasteiger partial charge in [-0.25, -0.2) is 0 Å². The fourth-order valence-corrected chi connectivity index (χ4v) is 1.63. The first-order valence-electron chi connectivity index (χ1n) is 5.38. The van der Waals surface area contributed by atoms with Crippen LogP contribution in [0, 0.1) is 0 Å². The second kappa shape index (κ2) is 6.74. The van der Waals surface area contributed by atoms with Crippen LogP contribution in [0.1, 0.15) is 19.4 Å². The van der Waals surface area contributed by atoms with E-state index in [-0.39, 0.29) is 12.8 Å². The van der Waals surface area contributed by atoms with E-state index < -0.39 is 0 Å². The highest BCUT2D eigenvalue weighted by Crippen LogP contribution is 2.27. The van der Waals surface area contributed by atoms with Gasteiger partial charge in [0.15, 0.2) is 6.79 Å². The molecule has 4 heteroatoms. The number of rotatable bonds is 6. The predicted molar refractivity (Wildman–Crippen MR) is 65.9 cm³/mol. The molecule has 0 amide bonds. The summed E-state index contributed by atoms with van der Waals surface area (Å²) in [4.78, 5) is 0. The van der Waals surface area contributed by atoms with Gasteiger partial charge >= 0.3 is 0 Å². The average molecular weight is 244 g/mol. The van der Waals surface area contributed by atoms with Crippen LogP contribution in [0.25, 0.3) is 0 Å². The Morgan fingerprint density at radius 2 is 2.19 bits per heavy atom. The topological polar surface area (TPSA) is 44.5 Å². The Labute approximate surface area is 101 Å². The van der Waals surface area contributed by atoms with E-state index in [0.29, 0.717) is 18.1 Å². The fraction of sp³-hybridized carbons (Fsp3) is 0.500. The molecule has 0 heterocycles. The van der Waals surface area contributed by atoms with Gasteiger partial charge in [-0.3, -0.25) is 0 Å². The van der Waals surface area contributed by atoms with E-state index in [4.69, 9.17) is 26.8 Å². The zero-order chi connectivity index (χ0) is 12.0. The van der Waals surface area contributed by atoms with E-state index in [1.54, 1.807) is 0 Å². The number of hydrogen-bond acceptors (Lipinski definition) is 3. The Kier molecular flexibility index (Phi) is 5.60. The first-order valence-corrected chi connectivity index (χ1v) is 5.76. The quantitative estimate of drug-likeness (QED) is 0.617. The maximum absolute atomic E-state index is 6.11. The van der Waals surface area contributed by atoms with Crippen LogP contribution in [0.3, 0.4) is 0 Å². The Bertz CT molecular complexity index is 329. The molecule has 1 atom stereocenters. The van der Waals surface area contributed by atoms with Crippen molar-refractivity contribution in [1.82, 2.24) is 0 Å². The lowest BCUT2D eigenvalue weighted by molar-refractivity contribution is 0.0218. The van der Waals surface area contributed by atoms with Gasteiger partial charge in [0.1, 0.15) is 5.75 Å². The maximum atomic E-state index is 6.11. The van der Waals surface area contributed by atoms with Crippen molar-refractivity contribution in [3.63, 3.8) is 0 Å².